The average molecular weight is 510 g/mol. The van der Waals surface area contributed by atoms with Crippen LogP contribution in [0, 0.1) is 0 Å². The number of hydrogen-bond donors (Lipinski definition) is 1. The molecule has 1 N–H and O–H groups in total. The van der Waals surface area contributed by atoms with Crippen LogP contribution in [0.1, 0.15) is 39.5 Å². The van der Waals surface area contributed by atoms with Crippen LogP contribution in [-0.4, -0.2) is 34.3 Å². The molecule has 0 bridgehead atoms. The largest absolute Gasteiger partial charge is 0.493 e. The number of hydrogen-bond acceptors (Lipinski definition) is 6. The number of carbonyl (C=O) groups is 1. The molecule has 8 heteroatoms. The fraction of sp³-hybridized carbons (Fsp3) is 0.286. The third kappa shape index (κ3) is 4.71. The molecule has 1 aliphatic carbocycles. The number of aryl methyl sites for hydroxylation is 1. The summed E-state index contributed by atoms with van der Waals surface area (Å²) in [5.41, 5.74) is 4.19. The van der Waals surface area contributed by atoms with Crippen molar-refractivity contribution in [2.45, 2.75) is 24.8 Å². The molecule has 4 rings (SSSR count). The maximum absolute atomic E-state index is 13.3. The van der Waals surface area contributed by atoms with Gasteiger partial charge in [0.05, 0.1) is 34.5 Å². The highest BCUT2D eigenvalue weighted by Gasteiger charge is 2.30. The van der Waals surface area contributed by atoms with E-state index in [9.17, 15) is 9.59 Å². The Balaban J connectivity index is 1.91. The number of amides is 1. The lowest BCUT2D eigenvalue weighted by molar-refractivity contribution is 0.0935. The number of carbonyl (C=O) groups excluding carboxylic acids is 1. The Bertz CT molecular complexity index is 1360. The van der Waals surface area contributed by atoms with Crippen LogP contribution in [0.2, 0.25) is 0 Å². The van der Waals surface area contributed by atoms with Crippen LogP contribution in [0.4, 0.5) is 0 Å². The lowest BCUT2D eigenvalue weighted by Crippen LogP contribution is -2.29. The van der Waals surface area contributed by atoms with E-state index < -0.39 is 6.04 Å². The second kappa shape index (κ2) is 10.9. The number of methoxy groups -OCH3 is 4. The van der Waals surface area contributed by atoms with Gasteiger partial charge < -0.3 is 24.3 Å². The van der Waals surface area contributed by atoms with Crippen molar-refractivity contribution < 1.29 is 23.7 Å². The van der Waals surface area contributed by atoms with E-state index in [1.54, 1.807) is 45.6 Å². The number of nitrogens with one attached hydrogen (secondary N) is 1. The first kappa shape index (κ1) is 25.4. The molecule has 1 unspecified atom stereocenters. The molecule has 0 aliphatic heterocycles. The molecule has 1 aliphatic rings. The predicted molar refractivity (Wildman–Crippen MR) is 139 cm³/mol. The summed E-state index contributed by atoms with van der Waals surface area (Å²) in [6.45, 7) is 0. The van der Waals surface area contributed by atoms with E-state index in [-0.39, 0.29) is 17.1 Å². The molecule has 7 nitrogen and oxygen atoms in total. The van der Waals surface area contributed by atoms with Gasteiger partial charge in [-0.25, -0.2) is 0 Å². The van der Waals surface area contributed by atoms with Gasteiger partial charge in [0.25, 0.3) is 5.91 Å². The second-order valence-electron chi connectivity index (χ2n) is 8.36. The molecular formula is C28H28ClNO6. The summed E-state index contributed by atoms with van der Waals surface area (Å²) in [6, 6.07) is 13.6. The molecule has 188 valence electrons. The third-order valence-corrected chi connectivity index (χ3v) is 6.68. The zero-order valence-electron chi connectivity index (χ0n) is 20.6. The first-order chi connectivity index (χ1) is 17.4. The number of benzene rings is 2. The van der Waals surface area contributed by atoms with Crippen LogP contribution < -0.4 is 29.7 Å². The van der Waals surface area contributed by atoms with Gasteiger partial charge in [-0.15, -0.1) is 11.6 Å². The molecule has 0 spiro atoms. The van der Waals surface area contributed by atoms with Crippen molar-refractivity contribution in [3.05, 3.63) is 81.0 Å². The van der Waals surface area contributed by atoms with E-state index in [4.69, 9.17) is 30.5 Å². The molecule has 0 aromatic heterocycles. The Labute approximate surface area is 214 Å². The monoisotopic (exact) mass is 509 g/mol. The molecular weight excluding hydrogens is 482 g/mol. The van der Waals surface area contributed by atoms with E-state index in [0.29, 0.717) is 47.1 Å². The summed E-state index contributed by atoms with van der Waals surface area (Å²) < 4.78 is 22.3. The molecule has 3 aromatic rings. The minimum Gasteiger partial charge on any atom is -0.493 e. The topological polar surface area (TPSA) is 83.1 Å². The minimum absolute atomic E-state index is 0.198. The number of rotatable bonds is 7. The average Bonchev–Trinajstić information content (AvgIpc) is 3.15. The normalized spacial score (nSPS) is 14.1. The van der Waals surface area contributed by atoms with Crippen LogP contribution in [0.5, 0.6) is 23.0 Å². The Morgan fingerprint density at radius 3 is 2.36 bits per heavy atom. The molecule has 0 radical (unpaired) electrons. The van der Waals surface area contributed by atoms with E-state index in [1.165, 1.54) is 13.2 Å². The van der Waals surface area contributed by atoms with Crippen molar-refractivity contribution in [1.82, 2.24) is 5.32 Å². The van der Waals surface area contributed by atoms with Gasteiger partial charge in [0.1, 0.15) is 0 Å². The lowest BCUT2D eigenvalue weighted by Gasteiger charge is -2.20. The van der Waals surface area contributed by atoms with Crippen LogP contribution in [0.3, 0.4) is 0 Å². The van der Waals surface area contributed by atoms with Crippen LogP contribution in [0.25, 0.3) is 11.1 Å². The zero-order valence-corrected chi connectivity index (χ0v) is 21.4. The van der Waals surface area contributed by atoms with E-state index in [0.717, 1.165) is 22.3 Å². The molecule has 3 aromatic carbocycles. The minimum atomic E-state index is -0.453. The maximum Gasteiger partial charge on any atom is 0.251 e. The SMILES string of the molecule is COc1cc2c(c(OC)c1OC)-c1ccc(OC)c(=O)cc1C(NC(=O)c1cccc(CCl)c1)CC2. The number of halogens is 1. The molecule has 1 amide bonds. The van der Waals surface area contributed by atoms with Gasteiger partial charge >= 0.3 is 0 Å². The van der Waals surface area contributed by atoms with Gasteiger partial charge in [-0.1, -0.05) is 18.2 Å². The molecule has 0 saturated carbocycles. The highest BCUT2D eigenvalue weighted by Crippen LogP contribution is 2.50. The summed E-state index contributed by atoms with van der Waals surface area (Å²) in [6.07, 6.45) is 1.15. The summed E-state index contributed by atoms with van der Waals surface area (Å²) in [5.74, 6) is 1.73. The third-order valence-electron chi connectivity index (χ3n) is 6.37. The van der Waals surface area contributed by atoms with Crippen molar-refractivity contribution in [2.75, 3.05) is 28.4 Å². The molecule has 1 atom stereocenters. The zero-order chi connectivity index (χ0) is 25.8. The van der Waals surface area contributed by atoms with Crippen molar-refractivity contribution in [3.8, 4) is 34.1 Å². The Kier molecular flexibility index (Phi) is 7.70. The molecule has 0 heterocycles. The Morgan fingerprint density at radius 2 is 1.69 bits per heavy atom. The van der Waals surface area contributed by atoms with Gasteiger partial charge in [0.15, 0.2) is 17.2 Å². The molecule has 0 saturated heterocycles. The van der Waals surface area contributed by atoms with E-state index in [1.807, 2.05) is 18.2 Å². The quantitative estimate of drug-likeness (QED) is 0.456. The second-order valence-corrected chi connectivity index (χ2v) is 8.62. The summed E-state index contributed by atoms with van der Waals surface area (Å²) in [7, 11) is 6.13. The smallest absolute Gasteiger partial charge is 0.251 e. The highest BCUT2D eigenvalue weighted by atomic mass is 35.5. The molecule has 0 fully saturated rings. The van der Waals surface area contributed by atoms with Crippen LogP contribution in [-0.2, 0) is 12.3 Å². The van der Waals surface area contributed by atoms with Crippen molar-refractivity contribution in [3.63, 3.8) is 0 Å². The summed E-state index contributed by atoms with van der Waals surface area (Å²) >= 11 is 5.96. The highest BCUT2D eigenvalue weighted by molar-refractivity contribution is 6.17. The standard InChI is InChI=1S/C28H28ClNO6/c1-33-23-11-9-19-20(14-22(23)31)21(30-28(32)18-7-5-6-16(12-18)15-29)10-8-17-13-24(34-2)26(35-3)27(36-4)25(17)19/h5-7,9,11-14,21H,8,10,15H2,1-4H3,(H,30,32). The van der Waals surface area contributed by atoms with E-state index in [2.05, 4.69) is 5.32 Å². The number of alkyl halides is 1. The molecule has 36 heavy (non-hydrogen) atoms. The summed E-state index contributed by atoms with van der Waals surface area (Å²) in [5, 5.41) is 3.13. The van der Waals surface area contributed by atoms with Gasteiger partial charge in [-0.3, -0.25) is 9.59 Å². The number of ether oxygens (including phenoxy) is 4. The van der Waals surface area contributed by atoms with Gasteiger partial charge in [0, 0.05) is 17.0 Å². The first-order valence-corrected chi connectivity index (χ1v) is 12.0. The maximum atomic E-state index is 13.3. The predicted octanol–water partition coefficient (Wildman–Crippen LogP) is 4.90. The Morgan fingerprint density at radius 1 is 0.944 bits per heavy atom. The fourth-order valence-corrected chi connectivity index (χ4v) is 4.82. The van der Waals surface area contributed by atoms with E-state index >= 15 is 0 Å². The van der Waals surface area contributed by atoms with Crippen LogP contribution in [0.15, 0.2) is 53.3 Å². The first-order valence-electron chi connectivity index (χ1n) is 11.5. The van der Waals surface area contributed by atoms with Crippen molar-refractivity contribution >= 4 is 17.5 Å². The fourth-order valence-electron chi connectivity index (χ4n) is 4.65. The van der Waals surface area contributed by atoms with Crippen molar-refractivity contribution in [1.29, 1.82) is 0 Å². The Hall–Kier alpha value is -3.71. The lowest BCUT2D eigenvalue weighted by atomic mass is 9.95. The number of fused-ring (bicyclic) bond motifs is 3. The van der Waals surface area contributed by atoms with Crippen molar-refractivity contribution in [2.24, 2.45) is 0 Å². The summed E-state index contributed by atoms with van der Waals surface area (Å²) in [4.78, 5) is 26.2. The van der Waals surface area contributed by atoms with Gasteiger partial charge in [-0.2, -0.15) is 0 Å². The van der Waals surface area contributed by atoms with Gasteiger partial charge in [0.2, 0.25) is 11.2 Å². The van der Waals surface area contributed by atoms with Gasteiger partial charge in [-0.05, 0) is 65.4 Å². The van der Waals surface area contributed by atoms with Crippen LogP contribution >= 0.6 is 11.6 Å².